The first-order valence-electron chi connectivity index (χ1n) is 5.26. The van der Waals surface area contributed by atoms with Crippen molar-refractivity contribution in [2.24, 2.45) is 0 Å². The number of nitrogens with zero attached hydrogens (tertiary/aromatic N) is 2. The Kier molecular flexibility index (Phi) is 5.88. The zero-order valence-electron chi connectivity index (χ0n) is 9.97. The van der Waals surface area contributed by atoms with Crippen LogP contribution in [0.4, 0.5) is 5.13 Å². The first-order chi connectivity index (χ1) is 8.13. The van der Waals surface area contributed by atoms with Gasteiger partial charge in [-0.05, 0) is 24.7 Å². The molecule has 0 aliphatic carbocycles. The van der Waals surface area contributed by atoms with Crippen molar-refractivity contribution in [3.8, 4) is 0 Å². The molecule has 0 bridgehead atoms. The van der Waals surface area contributed by atoms with Crippen molar-refractivity contribution in [2.75, 3.05) is 12.8 Å². The Morgan fingerprint density at radius 2 is 2.17 bits per heavy atom. The van der Waals surface area contributed by atoms with Gasteiger partial charge in [0.15, 0.2) is 5.13 Å². The molecule has 0 amide bonds. The first kappa shape index (κ1) is 15.2. The minimum atomic E-state index is 0. The van der Waals surface area contributed by atoms with E-state index in [2.05, 4.69) is 23.0 Å². The highest BCUT2D eigenvalue weighted by atomic mass is 35.5. The Morgan fingerprint density at radius 3 is 2.78 bits per heavy atom. The fourth-order valence-electron chi connectivity index (χ4n) is 1.66. The Bertz CT molecular complexity index is 502. The Labute approximate surface area is 122 Å². The van der Waals surface area contributed by atoms with E-state index in [1.54, 1.807) is 0 Å². The van der Waals surface area contributed by atoms with Gasteiger partial charge in [-0.25, -0.2) is 4.98 Å². The van der Waals surface area contributed by atoms with E-state index in [4.69, 9.17) is 17.3 Å². The Hall–Kier alpha value is -0.810. The van der Waals surface area contributed by atoms with Crippen molar-refractivity contribution in [1.82, 2.24) is 9.88 Å². The fraction of sp³-hybridized carbons (Fsp3) is 0.250. The summed E-state index contributed by atoms with van der Waals surface area (Å²) >= 11 is 7.48. The van der Waals surface area contributed by atoms with Crippen molar-refractivity contribution >= 4 is 40.5 Å². The Balaban J connectivity index is 0.00000162. The van der Waals surface area contributed by atoms with Gasteiger partial charge < -0.3 is 5.73 Å². The molecule has 0 saturated carbocycles. The van der Waals surface area contributed by atoms with Crippen LogP contribution in [-0.4, -0.2) is 16.9 Å². The van der Waals surface area contributed by atoms with E-state index < -0.39 is 0 Å². The molecule has 0 spiro atoms. The van der Waals surface area contributed by atoms with Gasteiger partial charge in [0.05, 0.1) is 0 Å². The van der Waals surface area contributed by atoms with E-state index >= 15 is 0 Å². The third-order valence-electron chi connectivity index (χ3n) is 2.34. The first-order valence-corrected chi connectivity index (χ1v) is 6.46. The SMILES string of the molecule is CN(Cc1cccc(Cl)c1)Cc1cnc(N)s1.Cl. The van der Waals surface area contributed by atoms with E-state index in [1.807, 2.05) is 24.4 Å². The average molecular weight is 304 g/mol. The highest BCUT2D eigenvalue weighted by Crippen LogP contribution is 2.18. The van der Waals surface area contributed by atoms with Gasteiger partial charge in [-0.2, -0.15) is 0 Å². The van der Waals surface area contributed by atoms with Gasteiger partial charge in [-0.3, -0.25) is 4.90 Å². The molecule has 2 rings (SSSR count). The Morgan fingerprint density at radius 1 is 1.39 bits per heavy atom. The maximum Gasteiger partial charge on any atom is 0.180 e. The number of nitrogen functional groups attached to an aromatic ring is 1. The summed E-state index contributed by atoms with van der Waals surface area (Å²) in [5.74, 6) is 0. The number of anilines is 1. The van der Waals surface area contributed by atoms with E-state index in [0.717, 1.165) is 18.1 Å². The molecule has 1 aromatic carbocycles. The highest BCUT2D eigenvalue weighted by molar-refractivity contribution is 7.15. The van der Waals surface area contributed by atoms with Gasteiger partial charge in [0.2, 0.25) is 0 Å². The summed E-state index contributed by atoms with van der Waals surface area (Å²) in [6, 6.07) is 7.91. The zero-order valence-corrected chi connectivity index (χ0v) is 12.4. The van der Waals surface area contributed by atoms with Crippen molar-refractivity contribution in [1.29, 1.82) is 0 Å². The van der Waals surface area contributed by atoms with Crippen molar-refractivity contribution < 1.29 is 0 Å². The molecule has 2 aromatic rings. The largest absolute Gasteiger partial charge is 0.375 e. The van der Waals surface area contributed by atoms with Gasteiger partial charge in [0, 0.05) is 29.2 Å². The van der Waals surface area contributed by atoms with Crippen LogP contribution in [0, 0.1) is 0 Å². The van der Waals surface area contributed by atoms with E-state index in [-0.39, 0.29) is 12.4 Å². The molecular weight excluding hydrogens is 289 g/mol. The molecule has 2 N–H and O–H groups in total. The third-order valence-corrected chi connectivity index (χ3v) is 3.39. The van der Waals surface area contributed by atoms with Crippen LogP contribution < -0.4 is 5.73 Å². The van der Waals surface area contributed by atoms with Crippen LogP contribution in [-0.2, 0) is 13.1 Å². The molecule has 1 heterocycles. The zero-order chi connectivity index (χ0) is 12.3. The second-order valence-corrected chi connectivity index (χ2v) is 5.55. The maximum atomic E-state index is 5.95. The van der Waals surface area contributed by atoms with Crippen LogP contribution in [0.2, 0.25) is 5.02 Å². The minimum Gasteiger partial charge on any atom is -0.375 e. The standard InChI is InChI=1S/C12H14ClN3S.ClH/c1-16(8-11-6-15-12(14)17-11)7-9-3-2-4-10(13)5-9;/h2-6H,7-8H2,1H3,(H2,14,15);1H. The predicted octanol–water partition coefficient (Wildman–Crippen LogP) is 3.43. The minimum absolute atomic E-state index is 0. The molecule has 0 saturated heterocycles. The smallest absolute Gasteiger partial charge is 0.180 e. The van der Waals surface area contributed by atoms with E-state index in [9.17, 15) is 0 Å². The molecule has 98 valence electrons. The molecule has 0 radical (unpaired) electrons. The van der Waals surface area contributed by atoms with Crippen molar-refractivity contribution in [3.63, 3.8) is 0 Å². The maximum absolute atomic E-state index is 5.95. The molecule has 0 atom stereocenters. The van der Waals surface area contributed by atoms with Gasteiger partial charge in [0.1, 0.15) is 0 Å². The molecular formula is C12H15Cl2N3S. The summed E-state index contributed by atoms with van der Waals surface area (Å²) in [4.78, 5) is 7.42. The highest BCUT2D eigenvalue weighted by Gasteiger charge is 2.04. The number of benzene rings is 1. The molecule has 0 aliphatic rings. The van der Waals surface area contributed by atoms with Crippen molar-refractivity contribution in [2.45, 2.75) is 13.1 Å². The van der Waals surface area contributed by atoms with Crippen molar-refractivity contribution in [3.05, 3.63) is 45.9 Å². The molecule has 3 nitrogen and oxygen atoms in total. The average Bonchev–Trinajstić information content (AvgIpc) is 2.63. The van der Waals surface area contributed by atoms with Crippen LogP contribution >= 0.6 is 35.3 Å². The topological polar surface area (TPSA) is 42.2 Å². The molecule has 1 aromatic heterocycles. The molecule has 0 unspecified atom stereocenters. The van der Waals surface area contributed by atoms with Gasteiger partial charge in [-0.1, -0.05) is 23.7 Å². The fourth-order valence-corrected chi connectivity index (χ4v) is 2.64. The number of rotatable bonds is 4. The molecule has 18 heavy (non-hydrogen) atoms. The summed E-state index contributed by atoms with van der Waals surface area (Å²) in [7, 11) is 2.07. The number of thiazole rings is 1. The monoisotopic (exact) mass is 303 g/mol. The number of halogens is 2. The van der Waals surface area contributed by atoms with Crippen LogP contribution in [0.25, 0.3) is 0 Å². The van der Waals surface area contributed by atoms with Gasteiger partial charge in [-0.15, -0.1) is 23.7 Å². The quantitative estimate of drug-likeness (QED) is 0.941. The predicted molar refractivity (Wildman–Crippen MR) is 80.4 cm³/mol. The number of nitrogens with two attached hydrogens (primary N) is 1. The number of aromatic nitrogens is 1. The van der Waals surface area contributed by atoms with Crippen LogP contribution in [0.5, 0.6) is 0 Å². The van der Waals surface area contributed by atoms with E-state index in [1.165, 1.54) is 21.8 Å². The van der Waals surface area contributed by atoms with Crippen LogP contribution in [0.15, 0.2) is 30.5 Å². The molecule has 6 heteroatoms. The summed E-state index contributed by atoms with van der Waals surface area (Å²) in [5.41, 5.74) is 6.80. The second-order valence-electron chi connectivity index (χ2n) is 3.97. The van der Waals surface area contributed by atoms with Crippen LogP contribution in [0.1, 0.15) is 10.4 Å². The number of hydrogen-bond donors (Lipinski definition) is 1. The van der Waals surface area contributed by atoms with Gasteiger partial charge in [0.25, 0.3) is 0 Å². The lowest BCUT2D eigenvalue weighted by molar-refractivity contribution is 0.322. The normalized spacial score (nSPS) is 10.4. The molecule has 0 fully saturated rings. The molecule has 0 aliphatic heterocycles. The number of hydrogen-bond acceptors (Lipinski definition) is 4. The summed E-state index contributed by atoms with van der Waals surface area (Å²) < 4.78 is 0. The third kappa shape index (κ3) is 4.46. The summed E-state index contributed by atoms with van der Waals surface area (Å²) in [6.07, 6.45) is 1.83. The second kappa shape index (κ2) is 6.95. The summed E-state index contributed by atoms with van der Waals surface area (Å²) in [5, 5.41) is 1.40. The lowest BCUT2D eigenvalue weighted by Crippen LogP contribution is -2.16. The lowest BCUT2D eigenvalue weighted by atomic mass is 10.2. The van der Waals surface area contributed by atoms with E-state index in [0.29, 0.717) is 5.13 Å². The lowest BCUT2D eigenvalue weighted by Gasteiger charge is -2.15. The van der Waals surface area contributed by atoms with Gasteiger partial charge >= 0.3 is 0 Å². The van der Waals surface area contributed by atoms with Crippen LogP contribution in [0.3, 0.4) is 0 Å². The summed E-state index contributed by atoms with van der Waals surface area (Å²) in [6.45, 7) is 1.71.